The van der Waals surface area contributed by atoms with Crippen molar-refractivity contribution >= 4 is 22.0 Å². The van der Waals surface area contributed by atoms with Crippen molar-refractivity contribution in [3.05, 3.63) is 71.2 Å². The molecule has 170 valence electrons. The maximum absolute atomic E-state index is 13.3. The Labute approximate surface area is 190 Å². The lowest BCUT2D eigenvalue weighted by atomic mass is 9.96. The second-order valence-electron chi connectivity index (χ2n) is 8.62. The molecule has 2 aromatic rings. The normalized spacial score (nSPS) is 20.1. The zero-order valence-corrected chi connectivity index (χ0v) is 19.2. The standard InChI is InChI=1S/C25H31N3O3S/c29-25(28-17-8-7-13-24(28)26-23-11-5-2-6-12-23)22-14-18-27(19-15-22)32(30,31)20-16-21-9-3-1-4-10-21/h1,3-4,7-10,13,16-17,20,22-23H,2,5-6,11-12,14-15,18-19H2. The van der Waals surface area contributed by atoms with Crippen molar-refractivity contribution in [2.75, 3.05) is 13.1 Å². The molecule has 1 aliphatic heterocycles. The van der Waals surface area contributed by atoms with Crippen LogP contribution in [0.3, 0.4) is 0 Å². The van der Waals surface area contributed by atoms with Crippen molar-refractivity contribution in [1.29, 1.82) is 0 Å². The van der Waals surface area contributed by atoms with E-state index < -0.39 is 10.0 Å². The van der Waals surface area contributed by atoms with Gasteiger partial charge < -0.3 is 0 Å². The summed E-state index contributed by atoms with van der Waals surface area (Å²) in [6, 6.07) is 15.3. The molecule has 0 radical (unpaired) electrons. The first-order valence-corrected chi connectivity index (χ1v) is 13.0. The molecular weight excluding hydrogens is 422 g/mol. The van der Waals surface area contributed by atoms with Crippen LogP contribution in [-0.4, -0.2) is 42.3 Å². The molecule has 2 heterocycles. The third kappa shape index (κ3) is 5.64. The van der Waals surface area contributed by atoms with E-state index in [4.69, 9.17) is 4.99 Å². The number of nitrogens with zero attached hydrogens (tertiary/aromatic N) is 3. The van der Waals surface area contributed by atoms with Crippen LogP contribution in [0.15, 0.2) is 65.1 Å². The number of aromatic nitrogens is 1. The van der Waals surface area contributed by atoms with Crippen molar-refractivity contribution < 1.29 is 13.2 Å². The molecule has 0 amide bonds. The molecule has 4 rings (SSSR count). The Morgan fingerprint density at radius 1 is 0.906 bits per heavy atom. The minimum Gasteiger partial charge on any atom is -0.274 e. The molecule has 7 heteroatoms. The number of rotatable bonds is 5. The summed E-state index contributed by atoms with van der Waals surface area (Å²) >= 11 is 0. The minimum absolute atomic E-state index is 0.0111. The van der Waals surface area contributed by atoms with Crippen LogP contribution in [-0.2, 0) is 10.0 Å². The first-order chi connectivity index (χ1) is 15.5. The Kier molecular flexibility index (Phi) is 7.37. The molecule has 2 aliphatic rings. The fourth-order valence-corrected chi connectivity index (χ4v) is 5.71. The number of hydrogen-bond donors (Lipinski definition) is 0. The summed E-state index contributed by atoms with van der Waals surface area (Å²) in [6.07, 6.45) is 10.2. The fourth-order valence-electron chi connectivity index (χ4n) is 4.49. The van der Waals surface area contributed by atoms with Gasteiger partial charge in [0.25, 0.3) is 0 Å². The van der Waals surface area contributed by atoms with E-state index >= 15 is 0 Å². The lowest BCUT2D eigenvalue weighted by molar-refractivity contribution is 0.0781. The van der Waals surface area contributed by atoms with Crippen molar-refractivity contribution in [2.45, 2.75) is 51.0 Å². The van der Waals surface area contributed by atoms with E-state index in [-0.39, 0.29) is 17.9 Å². The van der Waals surface area contributed by atoms with E-state index in [1.165, 1.54) is 29.0 Å². The second-order valence-corrected chi connectivity index (χ2v) is 10.4. The summed E-state index contributed by atoms with van der Waals surface area (Å²) in [4.78, 5) is 18.1. The summed E-state index contributed by atoms with van der Waals surface area (Å²) in [5.41, 5.74) is 1.56. The Morgan fingerprint density at radius 2 is 1.59 bits per heavy atom. The molecule has 0 N–H and O–H groups in total. The molecule has 0 bridgehead atoms. The van der Waals surface area contributed by atoms with Gasteiger partial charge in [0.2, 0.25) is 15.9 Å². The first kappa shape index (κ1) is 22.7. The van der Waals surface area contributed by atoms with Gasteiger partial charge >= 0.3 is 0 Å². The smallest absolute Gasteiger partial charge is 0.236 e. The summed E-state index contributed by atoms with van der Waals surface area (Å²) in [5, 5.41) is 1.26. The predicted octanol–water partition coefficient (Wildman–Crippen LogP) is 4.07. The SMILES string of the molecule is O=C(C1CCN(S(=O)(=O)C=Cc2ccccc2)CC1)n1ccccc1=NC1CCCCC1. The first-order valence-electron chi connectivity index (χ1n) is 11.5. The van der Waals surface area contributed by atoms with Gasteiger partial charge in [-0.15, -0.1) is 0 Å². The molecular formula is C25H31N3O3S. The predicted molar refractivity (Wildman–Crippen MR) is 126 cm³/mol. The second kappa shape index (κ2) is 10.4. The van der Waals surface area contributed by atoms with Crippen LogP contribution < -0.4 is 5.49 Å². The van der Waals surface area contributed by atoms with Gasteiger partial charge in [-0.25, -0.2) is 8.42 Å². The minimum atomic E-state index is -3.51. The van der Waals surface area contributed by atoms with Crippen LogP contribution in [0.5, 0.6) is 0 Å². The molecule has 0 unspecified atom stereocenters. The Bertz CT molecular complexity index is 1110. The third-order valence-corrected chi connectivity index (χ3v) is 7.93. The number of pyridine rings is 1. The number of benzene rings is 1. The van der Waals surface area contributed by atoms with Crippen molar-refractivity contribution in [3.63, 3.8) is 0 Å². The highest BCUT2D eigenvalue weighted by Gasteiger charge is 2.30. The number of carbonyl (C=O) groups is 1. The summed E-state index contributed by atoms with van der Waals surface area (Å²) in [5.74, 6) is -0.190. The van der Waals surface area contributed by atoms with Gasteiger partial charge in [-0.3, -0.25) is 14.4 Å². The van der Waals surface area contributed by atoms with Gasteiger partial charge in [-0.05, 0) is 49.5 Å². The van der Waals surface area contributed by atoms with Crippen LogP contribution in [0, 0.1) is 5.92 Å². The summed E-state index contributed by atoms with van der Waals surface area (Å²) in [6.45, 7) is 0.695. The van der Waals surface area contributed by atoms with Crippen LogP contribution in [0.4, 0.5) is 0 Å². The van der Waals surface area contributed by atoms with E-state index in [1.54, 1.807) is 16.8 Å². The molecule has 6 nitrogen and oxygen atoms in total. The molecule has 0 spiro atoms. The molecule has 1 saturated heterocycles. The Morgan fingerprint density at radius 3 is 2.31 bits per heavy atom. The number of piperidine rings is 1. The van der Waals surface area contributed by atoms with Gasteiger partial charge in [0.15, 0.2) is 0 Å². The lowest BCUT2D eigenvalue weighted by Gasteiger charge is -2.29. The highest BCUT2D eigenvalue weighted by atomic mass is 32.2. The topological polar surface area (TPSA) is 71.7 Å². The lowest BCUT2D eigenvalue weighted by Crippen LogP contribution is -2.42. The van der Waals surface area contributed by atoms with Gasteiger partial charge in [0.05, 0.1) is 6.04 Å². The van der Waals surface area contributed by atoms with Crippen LogP contribution >= 0.6 is 0 Å². The maximum atomic E-state index is 13.3. The van der Waals surface area contributed by atoms with Gasteiger partial charge in [0.1, 0.15) is 5.49 Å². The molecule has 1 aromatic heterocycles. The van der Waals surface area contributed by atoms with Crippen molar-refractivity contribution in [2.24, 2.45) is 10.9 Å². The average Bonchev–Trinajstić information content (AvgIpc) is 2.84. The van der Waals surface area contributed by atoms with Gasteiger partial charge in [-0.1, -0.05) is 55.7 Å². The molecule has 1 aliphatic carbocycles. The monoisotopic (exact) mass is 453 g/mol. The Hall–Kier alpha value is -2.51. The third-order valence-electron chi connectivity index (χ3n) is 6.36. The Balaban J connectivity index is 1.42. The van der Waals surface area contributed by atoms with Crippen molar-refractivity contribution in [1.82, 2.24) is 8.87 Å². The molecule has 1 aromatic carbocycles. The van der Waals surface area contributed by atoms with E-state index in [9.17, 15) is 13.2 Å². The largest absolute Gasteiger partial charge is 0.274 e. The molecule has 0 atom stereocenters. The highest BCUT2D eigenvalue weighted by Crippen LogP contribution is 2.23. The average molecular weight is 454 g/mol. The van der Waals surface area contributed by atoms with Crippen LogP contribution in [0.25, 0.3) is 6.08 Å². The van der Waals surface area contributed by atoms with E-state index in [0.717, 1.165) is 18.4 Å². The zero-order valence-electron chi connectivity index (χ0n) is 18.3. The van der Waals surface area contributed by atoms with E-state index in [1.807, 2.05) is 48.5 Å². The summed E-state index contributed by atoms with van der Waals surface area (Å²) in [7, 11) is -3.51. The zero-order chi connectivity index (χ0) is 22.4. The van der Waals surface area contributed by atoms with Crippen LogP contribution in [0.2, 0.25) is 0 Å². The molecule has 2 fully saturated rings. The summed E-state index contributed by atoms with van der Waals surface area (Å²) < 4.78 is 28.6. The quantitative estimate of drug-likeness (QED) is 0.685. The molecule has 32 heavy (non-hydrogen) atoms. The van der Waals surface area contributed by atoms with Crippen molar-refractivity contribution in [3.8, 4) is 0 Å². The fraction of sp³-hybridized carbons (Fsp3) is 0.440. The number of sulfonamides is 1. The van der Waals surface area contributed by atoms with Gasteiger partial charge in [0, 0.05) is 30.6 Å². The van der Waals surface area contributed by atoms with E-state index in [0.29, 0.717) is 31.4 Å². The van der Waals surface area contributed by atoms with Gasteiger partial charge in [-0.2, -0.15) is 4.31 Å². The number of hydrogen-bond acceptors (Lipinski definition) is 4. The maximum Gasteiger partial charge on any atom is 0.236 e. The number of carbonyl (C=O) groups excluding carboxylic acids is 1. The van der Waals surface area contributed by atoms with Crippen LogP contribution in [0.1, 0.15) is 55.3 Å². The van der Waals surface area contributed by atoms with E-state index in [2.05, 4.69) is 0 Å². The highest BCUT2D eigenvalue weighted by molar-refractivity contribution is 7.92. The molecule has 1 saturated carbocycles.